The topological polar surface area (TPSA) is 72.3 Å². The third-order valence-corrected chi connectivity index (χ3v) is 5.64. The van der Waals surface area contributed by atoms with Gasteiger partial charge in [-0.3, -0.25) is 10.3 Å². The number of hydrogen-bond acceptors (Lipinski definition) is 6. The van der Waals surface area contributed by atoms with Crippen LogP contribution in [0.15, 0.2) is 65.7 Å². The van der Waals surface area contributed by atoms with E-state index in [4.69, 9.17) is 19.2 Å². The molecule has 2 atom stereocenters. The molecule has 6 nitrogen and oxygen atoms in total. The molecule has 3 aromatic carbocycles. The molecule has 5 rings (SSSR count). The number of fused-ring (bicyclic) bond motifs is 1. The number of ether oxygens (including phenoxy) is 3. The highest BCUT2D eigenvalue weighted by atomic mass is 19.1. The van der Waals surface area contributed by atoms with Gasteiger partial charge in [-0.25, -0.2) is 4.39 Å². The zero-order valence-electron chi connectivity index (χ0n) is 17.5. The molecule has 0 fully saturated rings. The highest BCUT2D eigenvalue weighted by Crippen LogP contribution is 2.40. The van der Waals surface area contributed by atoms with E-state index in [1.807, 2.05) is 37.3 Å². The standard InChI is InChI=1S/C25H23FN2O4/c1-2-30-22-5-3-4-18(24(22)29)20-13-19(16-8-11-21-23(12-16)32-14-31-21)27-25(28-20)15-6-9-17(26)10-7-15/h3-12,20,25,28-29H,2,13-14H2,1H3/t20-,25+/m1/s1. The fourth-order valence-electron chi connectivity index (χ4n) is 4.07. The van der Waals surface area contributed by atoms with E-state index in [1.54, 1.807) is 18.2 Å². The van der Waals surface area contributed by atoms with Crippen LogP contribution in [-0.4, -0.2) is 24.2 Å². The average Bonchev–Trinajstić information content (AvgIpc) is 3.29. The van der Waals surface area contributed by atoms with Crippen molar-refractivity contribution in [3.8, 4) is 23.0 Å². The Morgan fingerprint density at radius 3 is 2.72 bits per heavy atom. The zero-order valence-corrected chi connectivity index (χ0v) is 17.5. The van der Waals surface area contributed by atoms with Gasteiger partial charge < -0.3 is 19.3 Å². The highest BCUT2D eigenvalue weighted by Gasteiger charge is 2.29. The Balaban J connectivity index is 1.55. The summed E-state index contributed by atoms with van der Waals surface area (Å²) in [6, 6.07) is 17.3. The summed E-state index contributed by atoms with van der Waals surface area (Å²) < 4.78 is 30.0. The van der Waals surface area contributed by atoms with Gasteiger partial charge in [0.1, 0.15) is 12.0 Å². The Labute approximate surface area is 185 Å². The van der Waals surface area contributed by atoms with Gasteiger partial charge in [-0.15, -0.1) is 0 Å². The largest absolute Gasteiger partial charge is 0.504 e. The van der Waals surface area contributed by atoms with Gasteiger partial charge in [-0.05, 0) is 54.4 Å². The summed E-state index contributed by atoms with van der Waals surface area (Å²) in [5.41, 5.74) is 3.31. The number of nitrogens with zero attached hydrogens (tertiary/aromatic N) is 1. The molecule has 0 saturated heterocycles. The van der Waals surface area contributed by atoms with E-state index in [1.165, 1.54) is 12.1 Å². The predicted octanol–water partition coefficient (Wildman–Crippen LogP) is 4.88. The van der Waals surface area contributed by atoms with E-state index in [0.717, 1.165) is 22.4 Å². The van der Waals surface area contributed by atoms with Crippen molar-refractivity contribution in [1.29, 1.82) is 0 Å². The van der Waals surface area contributed by atoms with Crippen molar-refractivity contribution in [1.82, 2.24) is 5.32 Å². The van der Waals surface area contributed by atoms with Crippen LogP contribution in [0.2, 0.25) is 0 Å². The van der Waals surface area contributed by atoms with E-state index in [0.29, 0.717) is 30.3 Å². The maximum atomic E-state index is 13.5. The minimum absolute atomic E-state index is 0.108. The number of para-hydroxylation sites is 1. The fourth-order valence-corrected chi connectivity index (χ4v) is 4.07. The van der Waals surface area contributed by atoms with Crippen LogP contribution in [0.5, 0.6) is 23.0 Å². The van der Waals surface area contributed by atoms with Crippen molar-refractivity contribution >= 4 is 5.71 Å². The Bertz CT molecular complexity index is 1160. The number of phenols is 1. The third kappa shape index (κ3) is 3.87. The van der Waals surface area contributed by atoms with Gasteiger partial charge in [-0.1, -0.05) is 24.3 Å². The summed E-state index contributed by atoms with van der Waals surface area (Å²) in [7, 11) is 0. The van der Waals surface area contributed by atoms with Crippen molar-refractivity contribution in [2.75, 3.05) is 13.4 Å². The van der Waals surface area contributed by atoms with Crippen molar-refractivity contribution in [2.24, 2.45) is 4.99 Å². The molecule has 164 valence electrons. The maximum absolute atomic E-state index is 13.5. The number of nitrogens with one attached hydrogen (secondary N) is 1. The van der Waals surface area contributed by atoms with Gasteiger partial charge in [0.2, 0.25) is 6.79 Å². The molecule has 3 aromatic rings. The predicted molar refractivity (Wildman–Crippen MR) is 118 cm³/mol. The minimum atomic E-state index is -0.412. The van der Waals surface area contributed by atoms with Crippen LogP contribution in [0.1, 0.15) is 42.2 Å². The van der Waals surface area contributed by atoms with Crippen molar-refractivity contribution < 1.29 is 23.7 Å². The summed E-state index contributed by atoms with van der Waals surface area (Å²) in [4.78, 5) is 4.92. The number of rotatable bonds is 5. The van der Waals surface area contributed by atoms with Crippen LogP contribution in [0.3, 0.4) is 0 Å². The average molecular weight is 434 g/mol. The summed E-state index contributed by atoms with van der Waals surface area (Å²) >= 11 is 0. The smallest absolute Gasteiger partial charge is 0.231 e. The van der Waals surface area contributed by atoms with Gasteiger partial charge in [0.15, 0.2) is 23.0 Å². The first kappa shape index (κ1) is 20.3. The SMILES string of the molecule is CCOc1cccc([C@H]2CC(c3ccc4c(c3)OCO4)=N[C@H](c3ccc(F)cc3)N2)c1O. The van der Waals surface area contributed by atoms with Gasteiger partial charge >= 0.3 is 0 Å². The van der Waals surface area contributed by atoms with E-state index in [-0.39, 0.29) is 24.4 Å². The second kappa shape index (κ2) is 8.51. The summed E-state index contributed by atoms with van der Waals surface area (Å²) in [5.74, 6) is 1.63. The van der Waals surface area contributed by atoms with Crippen molar-refractivity contribution in [3.63, 3.8) is 0 Å². The first-order valence-electron chi connectivity index (χ1n) is 10.5. The van der Waals surface area contributed by atoms with Crippen LogP contribution in [0.25, 0.3) is 0 Å². The Hall–Kier alpha value is -3.58. The number of phenolic OH excluding ortho intramolecular Hbond substituents is 1. The van der Waals surface area contributed by atoms with Crippen LogP contribution in [0, 0.1) is 5.82 Å². The van der Waals surface area contributed by atoms with E-state index >= 15 is 0 Å². The van der Waals surface area contributed by atoms with Gasteiger partial charge in [0.05, 0.1) is 6.61 Å². The molecule has 0 unspecified atom stereocenters. The second-order valence-electron chi connectivity index (χ2n) is 7.65. The van der Waals surface area contributed by atoms with Crippen LogP contribution >= 0.6 is 0 Å². The van der Waals surface area contributed by atoms with Crippen LogP contribution in [-0.2, 0) is 0 Å². The van der Waals surface area contributed by atoms with E-state index in [9.17, 15) is 9.50 Å². The first-order valence-corrected chi connectivity index (χ1v) is 10.5. The summed E-state index contributed by atoms with van der Waals surface area (Å²) in [6.45, 7) is 2.53. The number of halogens is 1. The van der Waals surface area contributed by atoms with E-state index in [2.05, 4.69) is 5.32 Å². The molecular formula is C25H23FN2O4. The van der Waals surface area contributed by atoms with Crippen molar-refractivity contribution in [2.45, 2.75) is 25.6 Å². The maximum Gasteiger partial charge on any atom is 0.231 e. The lowest BCUT2D eigenvalue weighted by molar-refractivity contribution is 0.174. The summed E-state index contributed by atoms with van der Waals surface area (Å²) in [5, 5.41) is 14.3. The van der Waals surface area contributed by atoms with Gasteiger partial charge in [0.25, 0.3) is 0 Å². The molecule has 0 spiro atoms. The molecule has 0 radical (unpaired) electrons. The number of aromatic hydroxyl groups is 1. The zero-order chi connectivity index (χ0) is 22.1. The molecule has 32 heavy (non-hydrogen) atoms. The normalized spacial score (nSPS) is 19.5. The quantitative estimate of drug-likeness (QED) is 0.599. The molecule has 0 bridgehead atoms. The molecule has 2 aliphatic rings. The Morgan fingerprint density at radius 2 is 1.91 bits per heavy atom. The first-order chi connectivity index (χ1) is 15.6. The second-order valence-corrected chi connectivity index (χ2v) is 7.65. The molecule has 0 amide bonds. The number of aliphatic imine (C=N–C) groups is 1. The lowest BCUT2D eigenvalue weighted by Crippen LogP contribution is -2.33. The summed E-state index contributed by atoms with van der Waals surface area (Å²) in [6.07, 6.45) is 0.130. The monoisotopic (exact) mass is 434 g/mol. The lowest BCUT2D eigenvalue weighted by Gasteiger charge is -2.31. The molecule has 0 aromatic heterocycles. The van der Waals surface area contributed by atoms with E-state index < -0.39 is 6.17 Å². The highest BCUT2D eigenvalue weighted by molar-refractivity contribution is 6.02. The Morgan fingerprint density at radius 1 is 1.09 bits per heavy atom. The Kier molecular flexibility index (Phi) is 5.41. The van der Waals surface area contributed by atoms with Gasteiger partial charge in [-0.2, -0.15) is 0 Å². The van der Waals surface area contributed by atoms with Crippen LogP contribution < -0.4 is 19.5 Å². The molecule has 2 heterocycles. The third-order valence-electron chi connectivity index (χ3n) is 5.64. The lowest BCUT2D eigenvalue weighted by atomic mass is 9.93. The molecular weight excluding hydrogens is 411 g/mol. The molecule has 2 N–H and O–H groups in total. The molecule has 0 aliphatic carbocycles. The van der Waals surface area contributed by atoms with Crippen LogP contribution in [0.4, 0.5) is 4.39 Å². The number of hydrogen-bond donors (Lipinski definition) is 2. The van der Waals surface area contributed by atoms with Crippen molar-refractivity contribution in [3.05, 3.63) is 83.2 Å². The minimum Gasteiger partial charge on any atom is -0.504 e. The molecule has 0 saturated carbocycles. The number of benzene rings is 3. The molecule has 7 heteroatoms. The molecule has 2 aliphatic heterocycles. The fraction of sp³-hybridized carbons (Fsp3) is 0.240. The van der Waals surface area contributed by atoms with Gasteiger partial charge in [0, 0.05) is 23.7 Å².